The minimum Gasteiger partial charge on any atom is -0.284 e. The van der Waals surface area contributed by atoms with Crippen molar-refractivity contribution >= 4 is 5.91 Å². The van der Waals surface area contributed by atoms with Crippen LogP contribution in [0.5, 0.6) is 0 Å². The van der Waals surface area contributed by atoms with E-state index in [1.54, 1.807) is 0 Å². The number of hydrogen-bond donors (Lipinski definition) is 1. The Balaban J connectivity index is 2.86. The molecule has 0 radical (unpaired) electrons. The quantitative estimate of drug-likeness (QED) is 0.709. The van der Waals surface area contributed by atoms with Crippen molar-refractivity contribution in [1.29, 1.82) is 0 Å². The van der Waals surface area contributed by atoms with Crippen LogP contribution in [0.3, 0.4) is 0 Å². The average molecular weight is 210 g/mol. The van der Waals surface area contributed by atoms with Gasteiger partial charge in [0, 0.05) is 11.1 Å². The molecule has 0 spiro atoms. The summed E-state index contributed by atoms with van der Waals surface area (Å²) in [7, 11) is 0. The van der Waals surface area contributed by atoms with E-state index >= 15 is 0 Å². The maximum atomic E-state index is 11.4. The molecule has 1 aliphatic heterocycles. The van der Waals surface area contributed by atoms with Crippen LogP contribution < -0.4 is 5.43 Å². The zero-order valence-corrected chi connectivity index (χ0v) is 10.3. The second-order valence-electron chi connectivity index (χ2n) is 5.49. The highest BCUT2D eigenvalue weighted by Gasteiger charge is 2.41. The molecule has 0 aliphatic carbocycles. The summed E-state index contributed by atoms with van der Waals surface area (Å²) in [5.41, 5.74) is 2.95. The fourth-order valence-corrected chi connectivity index (χ4v) is 2.46. The number of piperidine rings is 1. The van der Waals surface area contributed by atoms with Crippen LogP contribution in [0.1, 0.15) is 47.0 Å². The van der Waals surface area contributed by atoms with Crippen LogP contribution in [0.2, 0.25) is 0 Å². The molecule has 1 rings (SSSR count). The molecule has 1 fully saturated rings. The van der Waals surface area contributed by atoms with Gasteiger partial charge in [-0.25, -0.2) is 5.01 Å². The summed E-state index contributed by atoms with van der Waals surface area (Å²) in [5, 5.41) is 2.08. The van der Waals surface area contributed by atoms with Gasteiger partial charge in [-0.3, -0.25) is 10.2 Å². The van der Waals surface area contributed by atoms with E-state index in [1.165, 1.54) is 12.5 Å². The molecule has 0 unspecified atom stereocenters. The van der Waals surface area contributed by atoms with Crippen molar-refractivity contribution in [1.82, 2.24) is 10.4 Å². The van der Waals surface area contributed by atoms with Gasteiger partial charge in [-0.05, 0) is 53.0 Å². The van der Waals surface area contributed by atoms with E-state index in [2.05, 4.69) is 44.7 Å². The lowest BCUT2D eigenvalue weighted by Crippen LogP contribution is -2.65. The van der Waals surface area contributed by atoms with Crippen molar-refractivity contribution in [2.24, 2.45) is 0 Å². The molecule has 0 aromatic carbocycles. The first-order chi connectivity index (χ1) is 6.79. The number of hydrogen-bond acceptors (Lipinski definition) is 2. The third-order valence-electron chi connectivity index (χ3n) is 3.20. The van der Waals surface area contributed by atoms with E-state index in [4.69, 9.17) is 0 Å². The van der Waals surface area contributed by atoms with Gasteiger partial charge in [0.25, 0.3) is 5.91 Å². The maximum Gasteiger partial charge on any atom is 0.257 e. The molecule has 0 bridgehead atoms. The lowest BCUT2D eigenvalue weighted by atomic mass is 9.81. The van der Waals surface area contributed by atoms with Gasteiger partial charge in [0.1, 0.15) is 0 Å². The summed E-state index contributed by atoms with van der Waals surface area (Å²) in [6.45, 7) is 12.1. The van der Waals surface area contributed by atoms with Gasteiger partial charge >= 0.3 is 0 Å². The zero-order valence-electron chi connectivity index (χ0n) is 10.3. The first kappa shape index (κ1) is 12.2. The molecule has 1 aliphatic rings. The van der Waals surface area contributed by atoms with Crippen LogP contribution in [-0.2, 0) is 4.79 Å². The highest BCUT2D eigenvalue weighted by molar-refractivity contribution is 5.86. The maximum absolute atomic E-state index is 11.4. The van der Waals surface area contributed by atoms with Gasteiger partial charge in [0.2, 0.25) is 0 Å². The molecular weight excluding hydrogens is 188 g/mol. The smallest absolute Gasteiger partial charge is 0.257 e. The largest absolute Gasteiger partial charge is 0.284 e. The number of amides is 1. The van der Waals surface area contributed by atoms with Crippen LogP contribution in [-0.4, -0.2) is 22.0 Å². The fourth-order valence-electron chi connectivity index (χ4n) is 2.46. The normalized spacial score (nSPS) is 24.5. The highest BCUT2D eigenvalue weighted by Crippen LogP contribution is 2.36. The Kier molecular flexibility index (Phi) is 3.24. The Morgan fingerprint density at radius 2 is 1.73 bits per heavy atom. The summed E-state index contributed by atoms with van der Waals surface area (Å²) < 4.78 is 0. The Morgan fingerprint density at radius 3 is 2.13 bits per heavy atom. The van der Waals surface area contributed by atoms with Crippen LogP contribution in [0.25, 0.3) is 0 Å². The summed E-state index contributed by atoms with van der Waals surface area (Å²) in [4.78, 5) is 11.4. The van der Waals surface area contributed by atoms with Crippen molar-refractivity contribution in [2.45, 2.75) is 58.0 Å². The van der Waals surface area contributed by atoms with Gasteiger partial charge in [-0.1, -0.05) is 6.58 Å². The van der Waals surface area contributed by atoms with Crippen LogP contribution in [0.4, 0.5) is 0 Å². The van der Waals surface area contributed by atoms with Crippen molar-refractivity contribution in [3.05, 3.63) is 12.7 Å². The van der Waals surface area contributed by atoms with Gasteiger partial charge in [-0.15, -0.1) is 0 Å². The molecule has 86 valence electrons. The van der Waals surface area contributed by atoms with E-state index in [9.17, 15) is 4.79 Å². The lowest BCUT2D eigenvalue weighted by molar-refractivity contribution is -0.134. The number of nitrogens with zero attached hydrogens (tertiary/aromatic N) is 1. The molecule has 3 nitrogen and oxygen atoms in total. The zero-order chi connectivity index (χ0) is 11.7. The predicted octanol–water partition coefficient (Wildman–Crippen LogP) is 2.25. The van der Waals surface area contributed by atoms with Crippen molar-refractivity contribution in [2.75, 3.05) is 0 Å². The van der Waals surface area contributed by atoms with Crippen molar-refractivity contribution < 1.29 is 4.79 Å². The Hall–Kier alpha value is -0.830. The Bertz CT molecular complexity index is 253. The molecule has 0 aromatic heterocycles. The second kappa shape index (κ2) is 3.97. The van der Waals surface area contributed by atoms with Crippen LogP contribution in [0, 0.1) is 0 Å². The molecule has 0 saturated carbocycles. The van der Waals surface area contributed by atoms with Gasteiger partial charge in [0.05, 0.1) is 0 Å². The van der Waals surface area contributed by atoms with E-state index in [-0.39, 0.29) is 17.0 Å². The van der Waals surface area contributed by atoms with Crippen molar-refractivity contribution in [3.8, 4) is 0 Å². The number of nitrogens with one attached hydrogen (secondary N) is 1. The molecular formula is C12H22N2O. The SMILES string of the molecule is C=CC(=O)NN1C(C)(C)CCCC1(C)C. The number of rotatable bonds is 2. The molecule has 1 heterocycles. The number of carbonyl (C=O) groups is 1. The standard InChI is InChI=1S/C12H22N2O/c1-6-10(15)13-14-11(2,3)8-7-9-12(14,4)5/h6H,1,7-9H2,2-5H3,(H,13,15). The fraction of sp³-hybridized carbons (Fsp3) is 0.750. The third-order valence-corrected chi connectivity index (χ3v) is 3.20. The summed E-state index contributed by atoms with van der Waals surface area (Å²) in [5.74, 6) is -0.127. The molecule has 1 saturated heterocycles. The van der Waals surface area contributed by atoms with Crippen LogP contribution >= 0.6 is 0 Å². The predicted molar refractivity (Wildman–Crippen MR) is 62.2 cm³/mol. The Morgan fingerprint density at radius 1 is 1.27 bits per heavy atom. The molecule has 3 heteroatoms. The summed E-state index contributed by atoms with van der Waals surface area (Å²) in [6, 6.07) is 0. The van der Waals surface area contributed by atoms with Gasteiger partial charge in [-0.2, -0.15) is 0 Å². The van der Waals surface area contributed by atoms with E-state index < -0.39 is 0 Å². The minimum absolute atomic E-state index is 0.0143. The van der Waals surface area contributed by atoms with Gasteiger partial charge < -0.3 is 0 Å². The lowest BCUT2D eigenvalue weighted by Gasteiger charge is -2.52. The number of carbonyl (C=O) groups excluding carboxylic acids is 1. The van der Waals surface area contributed by atoms with E-state index in [0.29, 0.717) is 0 Å². The van der Waals surface area contributed by atoms with Gasteiger partial charge in [0.15, 0.2) is 0 Å². The van der Waals surface area contributed by atoms with Crippen molar-refractivity contribution in [3.63, 3.8) is 0 Å². The molecule has 1 amide bonds. The minimum atomic E-state index is -0.127. The average Bonchev–Trinajstić information content (AvgIpc) is 2.10. The highest BCUT2D eigenvalue weighted by atomic mass is 16.2. The molecule has 15 heavy (non-hydrogen) atoms. The summed E-state index contributed by atoms with van der Waals surface area (Å²) in [6.07, 6.45) is 4.74. The first-order valence-electron chi connectivity index (χ1n) is 5.53. The second-order valence-corrected chi connectivity index (χ2v) is 5.49. The first-order valence-corrected chi connectivity index (χ1v) is 5.53. The summed E-state index contributed by atoms with van der Waals surface area (Å²) >= 11 is 0. The molecule has 1 N–H and O–H groups in total. The van der Waals surface area contributed by atoms with Crippen LogP contribution in [0.15, 0.2) is 12.7 Å². The van der Waals surface area contributed by atoms with E-state index in [1.807, 2.05) is 0 Å². The van der Waals surface area contributed by atoms with E-state index in [0.717, 1.165) is 12.8 Å². The topological polar surface area (TPSA) is 32.3 Å². The molecule has 0 aromatic rings. The monoisotopic (exact) mass is 210 g/mol. The number of hydrazine groups is 1. The molecule has 0 atom stereocenters. The Labute approximate surface area is 92.5 Å². The third kappa shape index (κ3) is 2.59.